The molecule has 5 rings (SSSR count). The molecule has 0 amide bonds. The first-order valence-corrected chi connectivity index (χ1v) is 11.3. The van der Waals surface area contributed by atoms with E-state index >= 15 is 0 Å². The van der Waals surface area contributed by atoms with Gasteiger partial charge in [0.2, 0.25) is 0 Å². The molecule has 1 aromatic heterocycles. The smallest absolute Gasteiger partial charge is 0.173 e. The van der Waals surface area contributed by atoms with Crippen molar-refractivity contribution in [3.05, 3.63) is 71.3 Å². The molecular formula is C24H29FN6. The molecular weight excluding hydrogens is 391 g/mol. The van der Waals surface area contributed by atoms with Crippen LogP contribution in [0.4, 0.5) is 10.1 Å². The monoisotopic (exact) mass is 420 g/mol. The number of anilines is 1. The van der Waals surface area contributed by atoms with Gasteiger partial charge in [-0.05, 0) is 47.9 Å². The van der Waals surface area contributed by atoms with Crippen LogP contribution in [0.1, 0.15) is 54.7 Å². The highest BCUT2D eigenvalue weighted by atomic mass is 19.1. The standard InChI is InChI=1S/C24H29FN6/c1-18-10-12-19(13-11-18)23(24-26-27-28-31(24)20-6-2-3-7-20)30-16-14-29(15-17-30)22-9-5-4-8-21(22)25/h4-5,8-13,20,23H,2-3,6-7,14-17H2,1H3. The Hall–Kier alpha value is -2.80. The number of benzene rings is 2. The van der Waals surface area contributed by atoms with E-state index in [1.54, 1.807) is 6.07 Å². The highest BCUT2D eigenvalue weighted by Gasteiger charge is 2.33. The van der Waals surface area contributed by atoms with Gasteiger partial charge in [-0.2, -0.15) is 0 Å². The second kappa shape index (κ2) is 8.75. The maximum atomic E-state index is 14.3. The topological polar surface area (TPSA) is 50.1 Å². The molecule has 162 valence electrons. The van der Waals surface area contributed by atoms with Crippen LogP contribution in [0.5, 0.6) is 0 Å². The number of aryl methyl sites for hydroxylation is 1. The summed E-state index contributed by atoms with van der Waals surface area (Å²) in [6, 6.07) is 16.1. The third kappa shape index (κ3) is 4.06. The molecule has 2 aromatic carbocycles. The number of hydrogen-bond donors (Lipinski definition) is 0. The van der Waals surface area contributed by atoms with E-state index in [1.807, 2.05) is 12.1 Å². The molecule has 2 heterocycles. The molecule has 2 aliphatic rings. The molecule has 31 heavy (non-hydrogen) atoms. The van der Waals surface area contributed by atoms with Crippen LogP contribution in [0.25, 0.3) is 0 Å². The average molecular weight is 421 g/mol. The molecule has 1 aliphatic carbocycles. The van der Waals surface area contributed by atoms with Gasteiger partial charge in [-0.3, -0.25) is 4.90 Å². The Morgan fingerprint density at radius 1 is 0.935 bits per heavy atom. The first-order chi connectivity index (χ1) is 15.2. The number of hydrogen-bond acceptors (Lipinski definition) is 5. The summed E-state index contributed by atoms with van der Waals surface area (Å²) in [5, 5.41) is 13.0. The van der Waals surface area contributed by atoms with Gasteiger partial charge in [-0.25, -0.2) is 9.07 Å². The second-order valence-corrected chi connectivity index (χ2v) is 8.71. The second-order valence-electron chi connectivity index (χ2n) is 8.71. The molecule has 0 radical (unpaired) electrons. The van der Waals surface area contributed by atoms with Crippen molar-refractivity contribution in [3.8, 4) is 0 Å². The molecule has 2 fully saturated rings. The Morgan fingerprint density at radius 2 is 1.65 bits per heavy atom. The molecule has 1 atom stereocenters. The Balaban J connectivity index is 1.43. The molecule has 7 heteroatoms. The van der Waals surface area contributed by atoms with Gasteiger partial charge in [0.05, 0.1) is 17.8 Å². The Labute approximate surface area is 182 Å². The third-order valence-corrected chi connectivity index (χ3v) is 6.70. The predicted molar refractivity (Wildman–Crippen MR) is 119 cm³/mol. The van der Waals surface area contributed by atoms with E-state index in [2.05, 4.69) is 61.2 Å². The highest BCUT2D eigenvalue weighted by molar-refractivity contribution is 5.48. The van der Waals surface area contributed by atoms with Gasteiger partial charge in [0, 0.05) is 26.2 Å². The largest absolute Gasteiger partial charge is 0.367 e. The van der Waals surface area contributed by atoms with Crippen molar-refractivity contribution in [2.75, 3.05) is 31.1 Å². The van der Waals surface area contributed by atoms with Crippen molar-refractivity contribution in [1.82, 2.24) is 25.1 Å². The zero-order valence-electron chi connectivity index (χ0n) is 18.0. The number of tetrazole rings is 1. The zero-order chi connectivity index (χ0) is 21.2. The van der Waals surface area contributed by atoms with E-state index in [-0.39, 0.29) is 11.9 Å². The van der Waals surface area contributed by atoms with Crippen molar-refractivity contribution in [2.24, 2.45) is 0 Å². The highest BCUT2D eigenvalue weighted by Crippen LogP contribution is 2.35. The van der Waals surface area contributed by atoms with Gasteiger partial charge in [-0.15, -0.1) is 5.10 Å². The quantitative estimate of drug-likeness (QED) is 0.621. The first-order valence-electron chi connectivity index (χ1n) is 11.3. The normalized spacial score (nSPS) is 19.1. The molecule has 1 saturated heterocycles. The van der Waals surface area contributed by atoms with Gasteiger partial charge in [0.15, 0.2) is 5.82 Å². The maximum Gasteiger partial charge on any atom is 0.173 e. The number of rotatable bonds is 5. The number of aromatic nitrogens is 4. The molecule has 0 spiro atoms. The number of piperazine rings is 1. The van der Waals surface area contributed by atoms with E-state index < -0.39 is 0 Å². The summed E-state index contributed by atoms with van der Waals surface area (Å²) >= 11 is 0. The Bertz CT molecular complexity index is 1000. The van der Waals surface area contributed by atoms with Crippen LogP contribution < -0.4 is 4.90 Å². The molecule has 1 aliphatic heterocycles. The van der Waals surface area contributed by atoms with Crippen molar-refractivity contribution in [3.63, 3.8) is 0 Å². The summed E-state index contributed by atoms with van der Waals surface area (Å²) in [5.74, 6) is 0.770. The summed E-state index contributed by atoms with van der Waals surface area (Å²) in [7, 11) is 0. The van der Waals surface area contributed by atoms with Crippen LogP contribution >= 0.6 is 0 Å². The predicted octanol–water partition coefficient (Wildman–Crippen LogP) is 4.15. The fraction of sp³-hybridized carbons (Fsp3) is 0.458. The summed E-state index contributed by atoms with van der Waals surface area (Å²) < 4.78 is 16.4. The van der Waals surface area contributed by atoms with Crippen molar-refractivity contribution < 1.29 is 4.39 Å². The summed E-state index contributed by atoms with van der Waals surface area (Å²) in [6.07, 6.45) is 4.75. The number of nitrogens with zero attached hydrogens (tertiary/aromatic N) is 6. The van der Waals surface area contributed by atoms with E-state index in [4.69, 9.17) is 0 Å². The Kier molecular flexibility index (Phi) is 5.68. The number of halogens is 1. The van der Waals surface area contributed by atoms with Gasteiger partial charge < -0.3 is 4.90 Å². The number of para-hydroxylation sites is 1. The molecule has 3 aromatic rings. The molecule has 6 nitrogen and oxygen atoms in total. The maximum absolute atomic E-state index is 14.3. The van der Waals surface area contributed by atoms with Crippen molar-refractivity contribution in [1.29, 1.82) is 0 Å². The Morgan fingerprint density at radius 3 is 2.35 bits per heavy atom. The van der Waals surface area contributed by atoms with Crippen LogP contribution in [0.2, 0.25) is 0 Å². The lowest BCUT2D eigenvalue weighted by atomic mass is 10.0. The SMILES string of the molecule is Cc1ccc(C(c2nnnn2C2CCCC2)N2CCN(c3ccccc3F)CC2)cc1. The van der Waals surface area contributed by atoms with Crippen LogP contribution in [-0.4, -0.2) is 51.3 Å². The van der Waals surface area contributed by atoms with Crippen LogP contribution in [0.3, 0.4) is 0 Å². The summed E-state index contributed by atoms with van der Waals surface area (Å²) in [4.78, 5) is 4.58. The van der Waals surface area contributed by atoms with Gasteiger partial charge in [0.25, 0.3) is 0 Å². The van der Waals surface area contributed by atoms with Gasteiger partial charge in [-0.1, -0.05) is 54.8 Å². The lowest BCUT2D eigenvalue weighted by Crippen LogP contribution is -2.48. The minimum atomic E-state index is -0.156. The van der Waals surface area contributed by atoms with Crippen LogP contribution in [0.15, 0.2) is 48.5 Å². The molecule has 1 saturated carbocycles. The third-order valence-electron chi connectivity index (χ3n) is 6.70. The van der Waals surface area contributed by atoms with E-state index in [0.717, 1.165) is 44.8 Å². The fourth-order valence-electron chi connectivity index (χ4n) is 4.99. The minimum absolute atomic E-state index is 0.000953. The van der Waals surface area contributed by atoms with Crippen LogP contribution in [0, 0.1) is 12.7 Å². The van der Waals surface area contributed by atoms with Gasteiger partial charge in [0.1, 0.15) is 5.82 Å². The first kappa shape index (κ1) is 20.1. The van der Waals surface area contributed by atoms with Crippen molar-refractivity contribution in [2.45, 2.75) is 44.7 Å². The van der Waals surface area contributed by atoms with E-state index in [9.17, 15) is 4.39 Å². The zero-order valence-corrected chi connectivity index (χ0v) is 18.0. The molecule has 0 N–H and O–H groups in total. The molecule has 1 unspecified atom stereocenters. The van der Waals surface area contributed by atoms with Gasteiger partial charge >= 0.3 is 0 Å². The summed E-state index contributed by atoms with van der Waals surface area (Å²) in [6.45, 7) is 5.30. The molecule has 0 bridgehead atoms. The fourth-order valence-corrected chi connectivity index (χ4v) is 4.99. The summed E-state index contributed by atoms with van der Waals surface area (Å²) in [5.41, 5.74) is 3.13. The van der Waals surface area contributed by atoms with E-state index in [0.29, 0.717) is 11.7 Å². The van der Waals surface area contributed by atoms with Crippen molar-refractivity contribution >= 4 is 5.69 Å². The average Bonchev–Trinajstić information content (AvgIpc) is 3.48. The lowest BCUT2D eigenvalue weighted by Gasteiger charge is -2.40. The van der Waals surface area contributed by atoms with E-state index in [1.165, 1.54) is 30.0 Å². The minimum Gasteiger partial charge on any atom is -0.367 e. The van der Waals surface area contributed by atoms with Crippen LogP contribution in [-0.2, 0) is 0 Å². The lowest BCUT2D eigenvalue weighted by molar-refractivity contribution is 0.197.